The highest BCUT2D eigenvalue weighted by atomic mass is 79.9. The molecular weight excluding hydrogens is 544 g/mol. The monoisotopic (exact) mass is 568 g/mol. The number of hydrogen-bond acceptors (Lipinski definition) is 5. The van der Waals surface area contributed by atoms with Crippen LogP contribution >= 0.6 is 28.1 Å². The number of rotatable bonds is 8. The first-order valence-electron chi connectivity index (χ1n) is 11.1. The number of benzene rings is 3. The van der Waals surface area contributed by atoms with E-state index < -0.39 is 11.8 Å². The predicted octanol–water partition coefficient (Wildman–Crippen LogP) is 4.37. The molecule has 3 amide bonds. The Morgan fingerprint density at radius 3 is 2.25 bits per heavy atom. The lowest BCUT2D eigenvalue weighted by molar-refractivity contribution is -0.115. The van der Waals surface area contributed by atoms with Gasteiger partial charge in [-0.3, -0.25) is 30.6 Å². The van der Waals surface area contributed by atoms with E-state index >= 15 is 0 Å². The molecule has 8 nitrogen and oxygen atoms in total. The number of thiocarbonyl (C=S) groups is 1. The van der Waals surface area contributed by atoms with Crippen molar-refractivity contribution in [2.75, 3.05) is 11.9 Å². The minimum Gasteiger partial charge on any atom is -0.492 e. The van der Waals surface area contributed by atoms with Gasteiger partial charge in [0.25, 0.3) is 11.8 Å². The van der Waals surface area contributed by atoms with Gasteiger partial charge in [0, 0.05) is 29.7 Å². The fourth-order valence-electron chi connectivity index (χ4n) is 3.03. The van der Waals surface area contributed by atoms with Crippen molar-refractivity contribution in [1.29, 1.82) is 0 Å². The maximum Gasteiger partial charge on any atom is 0.269 e. The van der Waals surface area contributed by atoms with Gasteiger partial charge >= 0.3 is 0 Å². The second-order valence-corrected chi connectivity index (χ2v) is 8.83. The van der Waals surface area contributed by atoms with Crippen molar-refractivity contribution < 1.29 is 19.1 Å². The molecule has 3 rings (SSSR count). The summed E-state index contributed by atoms with van der Waals surface area (Å²) in [6.07, 6.45) is 1.12. The van der Waals surface area contributed by atoms with E-state index in [1.807, 2.05) is 30.3 Å². The van der Waals surface area contributed by atoms with Gasteiger partial charge in [-0.1, -0.05) is 37.3 Å². The highest BCUT2D eigenvalue weighted by Crippen LogP contribution is 2.26. The van der Waals surface area contributed by atoms with Gasteiger partial charge in [-0.05, 0) is 76.2 Å². The van der Waals surface area contributed by atoms with Crippen LogP contribution in [0.4, 0.5) is 5.69 Å². The zero-order valence-corrected chi connectivity index (χ0v) is 21.9. The Labute approximate surface area is 222 Å². The van der Waals surface area contributed by atoms with Crippen molar-refractivity contribution in [3.8, 4) is 5.75 Å². The lowest BCUT2D eigenvalue weighted by Gasteiger charge is -2.12. The highest BCUT2D eigenvalue weighted by Gasteiger charge is 2.12. The van der Waals surface area contributed by atoms with Gasteiger partial charge in [0.05, 0.1) is 11.1 Å². The van der Waals surface area contributed by atoms with Crippen molar-refractivity contribution in [2.45, 2.75) is 19.8 Å². The number of amides is 3. The molecule has 0 fully saturated rings. The van der Waals surface area contributed by atoms with Crippen LogP contribution in [0.5, 0.6) is 5.75 Å². The molecular formula is C26H25BrN4O4S. The van der Waals surface area contributed by atoms with Crippen LogP contribution in [0.2, 0.25) is 0 Å². The summed E-state index contributed by atoms with van der Waals surface area (Å²) in [5, 5.41) is 5.14. The van der Waals surface area contributed by atoms with Crippen LogP contribution in [0.1, 0.15) is 39.6 Å². The Balaban J connectivity index is 1.45. The zero-order chi connectivity index (χ0) is 25.9. The summed E-state index contributed by atoms with van der Waals surface area (Å²) in [5.74, 6) is -0.406. The van der Waals surface area contributed by atoms with Gasteiger partial charge in [0.2, 0.25) is 5.91 Å². The summed E-state index contributed by atoms with van der Waals surface area (Å²) in [7, 11) is 0. The second kappa shape index (κ2) is 13.4. The van der Waals surface area contributed by atoms with Crippen molar-refractivity contribution in [3.63, 3.8) is 0 Å². The van der Waals surface area contributed by atoms with E-state index in [1.54, 1.807) is 49.4 Å². The highest BCUT2D eigenvalue weighted by molar-refractivity contribution is 9.10. The lowest BCUT2D eigenvalue weighted by Crippen LogP contribution is -2.48. The molecule has 0 bridgehead atoms. The Hall–Kier alpha value is -3.76. The first kappa shape index (κ1) is 26.8. The topological polar surface area (TPSA) is 109 Å². The molecule has 3 aromatic carbocycles. The standard InChI is InChI=1S/C26H25BrN4O4S/c1-2-23(32)28-20-11-8-18(9-12-20)25(34)30-31-26(36)29-24(33)19-10-13-22(21(27)16-19)35-15-14-17-6-4-3-5-7-17/h3-13,16H,2,14-15H2,1H3,(H,28,32)(H,30,34)(H2,29,31,33,36). The molecule has 10 heteroatoms. The number of carbonyl (C=O) groups excluding carboxylic acids is 3. The van der Waals surface area contributed by atoms with Gasteiger partial charge in [-0.15, -0.1) is 0 Å². The summed E-state index contributed by atoms with van der Waals surface area (Å²) >= 11 is 8.53. The Morgan fingerprint density at radius 1 is 0.889 bits per heavy atom. The molecule has 0 saturated carbocycles. The molecule has 0 aromatic heterocycles. The first-order chi connectivity index (χ1) is 17.4. The average Bonchev–Trinajstić information content (AvgIpc) is 2.89. The average molecular weight is 569 g/mol. The summed E-state index contributed by atoms with van der Waals surface area (Å²) < 4.78 is 6.44. The molecule has 0 aliphatic rings. The smallest absolute Gasteiger partial charge is 0.269 e. The van der Waals surface area contributed by atoms with E-state index in [0.717, 1.165) is 6.42 Å². The fourth-order valence-corrected chi connectivity index (χ4v) is 3.67. The summed E-state index contributed by atoms with van der Waals surface area (Å²) in [6.45, 7) is 2.25. The molecule has 0 unspecified atom stereocenters. The quantitative estimate of drug-likeness (QED) is 0.237. The molecule has 0 heterocycles. The SMILES string of the molecule is CCC(=O)Nc1ccc(C(=O)NNC(=S)NC(=O)c2ccc(OCCc3ccccc3)c(Br)c2)cc1. The number of nitrogens with one attached hydrogen (secondary N) is 4. The van der Waals surface area contributed by atoms with Crippen molar-refractivity contribution in [2.24, 2.45) is 0 Å². The third-order valence-electron chi connectivity index (χ3n) is 4.95. The van der Waals surface area contributed by atoms with E-state index in [1.165, 1.54) is 5.56 Å². The van der Waals surface area contributed by atoms with Crippen molar-refractivity contribution >= 4 is 56.7 Å². The van der Waals surface area contributed by atoms with Gasteiger partial charge in [0.1, 0.15) is 5.75 Å². The number of anilines is 1. The Bertz CT molecular complexity index is 1240. The molecule has 4 N–H and O–H groups in total. The van der Waals surface area contributed by atoms with Crippen LogP contribution in [0, 0.1) is 0 Å². The Morgan fingerprint density at radius 2 is 1.58 bits per heavy atom. The molecule has 0 saturated heterocycles. The van der Waals surface area contributed by atoms with Crippen LogP contribution in [-0.4, -0.2) is 29.4 Å². The van der Waals surface area contributed by atoms with Gasteiger partial charge in [-0.25, -0.2) is 0 Å². The normalized spacial score (nSPS) is 10.2. The minimum atomic E-state index is -0.459. The fraction of sp³-hybridized carbons (Fsp3) is 0.154. The van der Waals surface area contributed by atoms with Crippen LogP contribution in [0.25, 0.3) is 0 Å². The summed E-state index contributed by atoms with van der Waals surface area (Å²) in [4.78, 5) is 36.3. The van der Waals surface area contributed by atoms with Crippen molar-refractivity contribution in [1.82, 2.24) is 16.2 Å². The maximum absolute atomic E-state index is 12.5. The second-order valence-electron chi connectivity index (χ2n) is 7.57. The lowest BCUT2D eigenvalue weighted by atomic mass is 10.2. The molecule has 0 atom stereocenters. The van der Waals surface area contributed by atoms with Crippen LogP contribution in [0.3, 0.4) is 0 Å². The van der Waals surface area contributed by atoms with Gasteiger partial charge in [0.15, 0.2) is 5.11 Å². The van der Waals surface area contributed by atoms with Crippen LogP contribution in [-0.2, 0) is 11.2 Å². The van der Waals surface area contributed by atoms with Gasteiger partial charge < -0.3 is 10.1 Å². The number of carbonyl (C=O) groups is 3. The molecule has 0 aliphatic carbocycles. The maximum atomic E-state index is 12.5. The number of halogens is 1. The predicted molar refractivity (Wildman–Crippen MR) is 146 cm³/mol. The van der Waals surface area contributed by atoms with Crippen LogP contribution < -0.4 is 26.2 Å². The molecule has 0 spiro atoms. The van der Waals surface area contributed by atoms with E-state index in [9.17, 15) is 14.4 Å². The van der Waals surface area contributed by atoms with Crippen molar-refractivity contribution in [3.05, 3.63) is 94.0 Å². The third-order valence-corrected chi connectivity index (χ3v) is 5.78. The molecule has 36 heavy (non-hydrogen) atoms. The molecule has 186 valence electrons. The molecule has 0 aliphatic heterocycles. The third kappa shape index (κ3) is 8.17. The first-order valence-corrected chi connectivity index (χ1v) is 12.3. The number of hydrazine groups is 1. The summed E-state index contributed by atoms with van der Waals surface area (Å²) in [5.41, 5.74) is 7.39. The van der Waals surface area contributed by atoms with E-state index in [4.69, 9.17) is 17.0 Å². The minimum absolute atomic E-state index is 0.0699. The Kier molecular flexibility index (Phi) is 9.96. The largest absolute Gasteiger partial charge is 0.492 e. The number of hydrogen-bond donors (Lipinski definition) is 4. The van der Waals surface area contributed by atoms with E-state index in [-0.39, 0.29) is 11.0 Å². The zero-order valence-electron chi connectivity index (χ0n) is 19.5. The molecule has 0 radical (unpaired) electrons. The van der Waals surface area contributed by atoms with Crippen LogP contribution in [0.15, 0.2) is 77.3 Å². The van der Waals surface area contributed by atoms with E-state index in [0.29, 0.717) is 40.1 Å². The summed E-state index contributed by atoms with van der Waals surface area (Å²) in [6, 6.07) is 21.3. The number of ether oxygens (including phenoxy) is 1. The van der Waals surface area contributed by atoms with E-state index in [2.05, 4.69) is 37.4 Å². The van der Waals surface area contributed by atoms with Gasteiger partial charge in [-0.2, -0.15) is 0 Å². The molecule has 3 aromatic rings.